The van der Waals surface area contributed by atoms with E-state index >= 15 is 0 Å². The first-order valence-corrected chi connectivity index (χ1v) is 9.11. The van der Waals surface area contributed by atoms with Gasteiger partial charge in [0.2, 0.25) is 0 Å². The van der Waals surface area contributed by atoms with Crippen molar-refractivity contribution in [1.29, 1.82) is 0 Å². The molecule has 2 N–H and O–H groups in total. The summed E-state index contributed by atoms with van der Waals surface area (Å²) in [4.78, 5) is 24.4. The third-order valence-corrected chi connectivity index (χ3v) is 5.08. The van der Waals surface area contributed by atoms with E-state index in [-0.39, 0.29) is 0 Å². The highest BCUT2D eigenvalue weighted by Crippen LogP contribution is 2.26. The zero-order chi connectivity index (χ0) is 20.3. The van der Waals surface area contributed by atoms with Gasteiger partial charge in [0.15, 0.2) is 6.04 Å². The van der Waals surface area contributed by atoms with Gasteiger partial charge in [-0.1, -0.05) is 30.3 Å². The molecule has 1 atom stereocenters. The molecule has 6 nitrogen and oxygen atoms in total. The number of carbonyl (C=O) groups excluding carboxylic acids is 1. The number of nitrogens with one attached hydrogen (secondary N) is 1. The summed E-state index contributed by atoms with van der Waals surface area (Å²) in [7, 11) is 1.67. The first kappa shape index (κ1) is 19.6. The second-order valence-electron chi connectivity index (χ2n) is 6.74. The lowest BCUT2D eigenvalue weighted by Crippen LogP contribution is -2.33. The van der Waals surface area contributed by atoms with Crippen molar-refractivity contribution in [1.82, 2.24) is 9.88 Å². The minimum Gasteiger partial charge on any atom is -0.479 e. The molecule has 0 bridgehead atoms. The van der Waals surface area contributed by atoms with Crippen molar-refractivity contribution in [2.45, 2.75) is 26.4 Å². The number of aryl methyl sites for hydroxylation is 1. The molecule has 0 radical (unpaired) electrons. The Morgan fingerprint density at radius 3 is 2.50 bits per heavy atom. The van der Waals surface area contributed by atoms with Gasteiger partial charge < -0.3 is 19.7 Å². The molecule has 0 aliphatic heterocycles. The third-order valence-electron chi connectivity index (χ3n) is 5.08. The van der Waals surface area contributed by atoms with Crippen molar-refractivity contribution in [2.75, 3.05) is 13.7 Å². The van der Waals surface area contributed by atoms with Gasteiger partial charge in [0.25, 0.3) is 5.91 Å². The number of ether oxygens (including phenoxy) is 1. The predicted molar refractivity (Wildman–Crippen MR) is 108 cm³/mol. The van der Waals surface area contributed by atoms with Gasteiger partial charge in [-0.05, 0) is 43.2 Å². The standard InChI is InChI=1S/C22H24N2O4/c1-14-15(2)24(11-12-28-3)19-10-9-17(13-18(14)19)21(25)23-20(22(26)27)16-7-5-4-6-8-16/h4-10,13,20H,11-12H2,1-3H3,(H,23,25)(H,26,27)/t20-/m1/s1. The summed E-state index contributed by atoms with van der Waals surface area (Å²) in [6, 6.07) is 13.0. The number of aromatic nitrogens is 1. The predicted octanol–water partition coefficient (Wildman–Crippen LogP) is 3.46. The lowest BCUT2D eigenvalue weighted by molar-refractivity contribution is -0.139. The fourth-order valence-electron chi connectivity index (χ4n) is 3.41. The molecule has 0 spiro atoms. The van der Waals surface area contributed by atoms with Crippen LogP contribution >= 0.6 is 0 Å². The second kappa shape index (κ2) is 8.27. The van der Waals surface area contributed by atoms with Crippen LogP contribution in [-0.2, 0) is 16.1 Å². The zero-order valence-corrected chi connectivity index (χ0v) is 16.2. The fraction of sp³-hybridized carbons (Fsp3) is 0.273. The maximum atomic E-state index is 12.8. The molecule has 0 aliphatic carbocycles. The van der Waals surface area contributed by atoms with Crippen LogP contribution in [0.3, 0.4) is 0 Å². The summed E-state index contributed by atoms with van der Waals surface area (Å²) in [6.45, 7) is 5.39. The van der Waals surface area contributed by atoms with Gasteiger partial charge in [0.05, 0.1) is 6.61 Å². The van der Waals surface area contributed by atoms with Crippen molar-refractivity contribution in [2.24, 2.45) is 0 Å². The number of fused-ring (bicyclic) bond motifs is 1. The minimum atomic E-state index is -1.10. The number of nitrogens with zero attached hydrogens (tertiary/aromatic N) is 1. The van der Waals surface area contributed by atoms with Crippen LogP contribution in [0, 0.1) is 13.8 Å². The number of carboxylic acid groups (broad SMARTS) is 1. The third kappa shape index (κ3) is 3.77. The molecule has 0 fully saturated rings. The first-order chi connectivity index (χ1) is 13.4. The van der Waals surface area contributed by atoms with Gasteiger partial charge in [-0.25, -0.2) is 4.79 Å². The lowest BCUT2D eigenvalue weighted by atomic mass is 10.1. The molecular formula is C22H24N2O4. The maximum Gasteiger partial charge on any atom is 0.330 e. The SMILES string of the molecule is COCCn1c(C)c(C)c2cc(C(=O)N[C@@H](C(=O)O)c3ccccc3)ccc21. The van der Waals surface area contributed by atoms with Gasteiger partial charge in [-0.2, -0.15) is 0 Å². The molecule has 28 heavy (non-hydrogen) atoms. The van der Waals surface area contributed by atoms with E-state index in [9.17, 15) is 14.7 Å². The summed E-state index contributed by atoms with van der Waals surface area (Å²) in [5, 5.41) is 13.1. The van der Waals surface area contributed by atoms with E-state index in [1.54, 1.807) is 43.5 Å². The number of benzene rings is 2. The normalized spacial score (nSPS) is 12.1. The fourth-order valence-corrected chi connectivity index (χ4v) is 3.41. The van der Waals surface area contributed by atoms with Crippen molar-refractivity contribution in [3.63, 3.8) is 0 Å². The Hall–Kier alpha value is -3.12. The van der Waals surface area contributed by atoms with Crippen LogP contribution in [0.4, 0.5) is 0 Å². The van der Waals surface area contributed by atoms with E-state index in [2.05, 4.69) is 9.88 Å². The molecule has 3 rings (SSSR count). The van der Waals surface area contributed by atoms with E-state index in [0.717, 1.165) is 28.7 Å². The maximum absolute atomic E-state index is 12.8. The average Bonchev–Trinajstić information content (AvgIpc) is 2.94. The lowest BCUT2D eigenvalue weighted by Gasteiger charge is -2.15. The van der Waals surface area contributed by atoms with Gasteiger partial charge >= 0.3 is 5.97 Å². The van der Waals surface area contributed by atoms with E-state index in [4.69, 9.17) is 4.74 Å². The monoisotopic (exact) mass is 380 g/mol. The topological polar surface area (TPSA) is 80.6 Å². The Labute approximate surface area is 163 Å². The summed E-state index contributed by atoms with van der Waals surface area (Å²) < 4.78 is 7.36. The Balaban J connectivity index is 1.91. The van der Waals surface area contributed by atoms with E-state index in [1.165, 1.54) is 0 Å². The van der Waals surface area contributed by atoms with Crippen LogP contribution in [0.15, 0.2) is 48.5 Å². The van der Waals surface area contributed by atoms with Crippen molar-refractivity contribution < 1.29 is 19.4 Å². The summed E-state index contributed by atoms with van der Waals surface area (Å²) in [5.41, 5.74) is 4.21. The number of hydrogen-bond acceptors (Lipinski definition) is 3. The highest BCUT2D eigenvalue weighted by molar-refractivity contribution is 6.00. The molecule has 2 aromatic carbocycles. The number of amides is 1. The first-order valence-electron chi connectivity index (χ1n) is 9.11. The molecule has 1 amide bonds. The van der Waals surface area contributed by atoms with Crippen molar-refractivity contribution in [3.05, 3.63) is 70.9 Å². The molecule has 1 heterocycles. The van der Waals surface area contributed by atoms with Crippen LogP contribution < -0.4 is 5.32 Å². The molecule has 0 unspecified atom stereocenters. The van der Waals surface area contributed by atoms with Crippen LogP contribution in [-0.4, -0.2) is 35.3 Å². The molecule has 6 heteroatoms. The van der Waals surface area contributed by atoms with Gasteiger partial charge in [0.1, 0.15) is 0 Å². The van der Waals surface area contributed by atoms with Crippen LogP contribution in [0.1, 0.15) is 33.2 Å². The highest BCUT2D eigenvalue weighted by atomic mass is 16.5. The Kier molecular flexibility index (Phi) is 5.80. The Bertz CT molecular complexity index is 1010. The number of methoxy groups -OCH3 is 1. The summed E-state index contributed by atoms with van der Waals surface area (Å²) in [5.74, 6) is -1.52. The largest absolute Gasteiger partial charge is 0.479 e. The summed E-state index contributed by atoms with van der Waals surface area (Å²) >= 11 is 0. The minimum absolute atomic E-state index is 0.417. The number of carbonyl (C=O) groups is 2. The van der Waals surface area contributed by atoms with Crippen molar-refractivity contribution >= 4 is 22.8 Å². The molecule has 146 valence electrons. The average molecular weight is 380 g/mol. The van der Waals surface area contributed by atoms with Gasteiger partial charge in [-0.15, -0.1) is 0 Å². The second-order valence-corrected chi connectivity index (χ2v) is 6.74. The highest BCUT2D eigenvalue weighted by Gasteiger charge is 2.23. The molecule has 3 aromatic rings. The van der Waals surface area contributed by atoms with Gasteiger partial charge in [-0.3, -0.25) is 4.79 Å². The molecule has 0 aliphatic rings. The number of rotatable bonds is 7. The van der Waals surface area contributed by atoms with E-state index in [0.29, 0.717) is 17.7 Å². The van der Waals surface area contributed by atoms with Gasteiger partial charge in [0, 0.05) is 35.8 Å². The number of hydrogen-bond donors (Lipinski definition) is 2. The Morgan fingerprint density at radius 2 is 1.86 bits per heavy atom. The molecule has 1 aromatic heterocycles. The molecular weight excluding hydrogens is 356 g/mol. The van der Waals surface area contributed by atoms with Crippen LogP contribution in [0.2, 0.25) is 0 Å². The van der Waals surface area contributed by atoms with Crippen molar-refractivity contribution in [3.8, 4) is 0 Å². The quantitative estimate of drug-likeness (QED) is 0.658. The van der Waals surface area contributed by atoms with Crippen LogP contribution in [0.25, 0.3) is 10.9 Å². The smallest absolute Gasteiger partial charge is 0.330 e. The molecule has 0 saturated heterocycles. The molecule has 0 saturated carbocycles. The van der Waals surface area contributed by atoms with E-state index in [1.807, 2.05) is 26.0 Å². The zero-order valence-electron chi connectivity index (χ0n) is 16.2. The number of aliphatic carboxylic acids is 1. The summed E-state index contributed by atoms with van der Waals surface area (Å²) in [6.07, 6.45) is 0. The Morgan fingerprint density at radius 1 is 1.14 bits per heavy atom. The van der Waals surface area contributed by atoms with E-state index < -0.39 is 17.9 Å². The number of carboxylic acids is 1. The van der Waals surface area contributed by atoms with Crippen LogP contribution in [0.5, 0.6) is 0 Å².